The third-order valence-electron chi connectivity index (χ3n) is 3.48. The molecule has 6 nitrogen and oxygen atoms in total. The van der Waals surface area contributed by atoms with Gasteiger partial charge in [0.2, 0.25) is 0 Å². The van der Waals surface area contributed by atoms with Gasteiger partial charge in [0.05, 0.1) is 26.9 Å². The summed E-state index contributed by atoms with van der Waals surface area (Å²) in [4.78, 5) is 11.7. The van der Waals surface area contributed by atoms with Gasteiger partial charge < -0.3 is 24.4 Å². The van der Waals surface area contributed by atoms with Crippen LogP contribution in [-0.2, 0) is 4.79 Å². The van der Waals surface area contributed by atoms with E-state index in [0.29, 0.717) is 22.6 Å². The van der Waals surface area contributed by atoms with Gasteiger partial charge in [0, 0.05) is 17.2 Å². The highest BCUT2D eigenvalue weighted by atomic mass is 16.5. The summed E-state index contributed by atoms with van der Waals surface area (Å²) in [5.41, 5.74) is 0.663. The molecule has 0 amide bonds. The average Bonchev–Trinajstić information content (AvgIpc) is 2.60. The number of phenols is 1. The van der Waals surface area contributed by atoms with Crippen LogP contribution < -0.4 is 14.2 Å². The average molecular weight is 330 g/mol. The van der Waals surface area contributed by atoms with Gasteiger partial charge in [0.15, 0.2) is 11.5 Å². The van der Waals surface area contributed by atoms with Crippen LogP contribution in [0.15, 0.2) is 36.4 Å². The number of hydrogen-bond acceptors (Lipinski definition) is 5. The highest BCUT2D eigenvalue weighted by Gasteiger charge is 2.18. The lowest BCUT2D eigenvalue weighted by Gasteiger charge is -2.12. The highest BCUT2D eigenvalue weighted by molar-refractivity contribution is 6.21. The van der Waals surface area contributed by atoms with Crippen molar-refractivity contribution in [2.24, 2.45) is 0 Å². The fraction of sp³-hybridized carbons (Fsp3) is 0.167. The van der Waals surface area contributed by atoms with Crippen LogP contribution in [-0.4, -0.2) is 37.5 Å². The number of phenolic OH excluding ortho intramolecular Hbond substituents is 1. The van der Waals surface area contributed by atoms with Crippen LogP contribution in [0.25, 0.3) is 11.6 Å². The molecule has 126 valence electrons. The molecule has 0 saturated heterocycles. The fourth-order valence-corrected chi connectivity index (χ4v) is 2.25. The third-order valence-corrected chi connectivity index (χ3v) is 3.48. The molecule has 2 aromatic rings. The molecule has 0 bridgehead atoms. The minimum absolute atomic E-state index is 0.0296. The maximum atomic E-state index is 11.7. The van der Waals surface area contributed by atoms with Crippen molar-refractivity contribution in [1.29, 1.82) is 0 Å². The highest BCUT2D eigenvalue weighted by Crippen LogP contribution is 2.35. The van der Waals surface area contributed by atoms with Crippen LogP contribution in [0, 0.1) is 0 Å². The van der Waals surface area contributed by atoms with E-state index in [2.05, 4.69) is 0 Å². The summed E-state index contributed by atoms with van der Waals surface area (Å²) in [5, 5.41) is 19.7. The number of ether oxygens (including phenoxy) is 3. The summed E-state index contributed by atoms with van der Waals surface area (Å²) < 4.78 is 15.4. The van der Waals surface area contributed by atoms with Gasteiger partial charge in [-0.3, -0.25) is 0 Å². The normalized spacial score (nSPS) is 11.0. The molecular weight excluding hydrogens is 312 g/mol. The Kier molecular flexibility index (Phi) is 5.31. The smallest absolute Gasteiger partial charge is 0.336 e. The zero-order chi connectivity index (χ0) is 17.7. The van der Waals surface area contributed by atoms with Gasteiger partial charge in [-0.05, 0) is 24.3 Å². The topological polar surface area (TPSA) is 85.2 Å². The SMILES string of the molecule is COc1ccc(/C(=C/c2cccc(OC)c2O)C(=O)O)c(OC)c1. The minimum atomic E-state index is -1.15. The number of aromatic hydroxyl groups is 1. The van der Waals surface area contributed by atoms with E-state index in [-0.39, 0.29) is 17.1 Å². The molecule has 0 aliphatic carbocycles. The second-order valence-electron chi connectivity index (χ2n) is 4.83. The zero-order valence-electron chi connectivity index (χ0n) is 13.6. The number of hydrogen-bond donors (Lipinski definition) is 2. The summed E-state index contributed by atoms with van der Waals surface area (Å²) in [6, 6.07) is 9.67. The van der Waals surface area contributed by atoms with Crippen molar-refractivity contribution in [3.8, 4) is 23.0 Å². The number of carboxylic acids is 1. The van der Waals surface area contributed by atoms with Crippen LogP contribution in [0.5, 0.6) is 23.0 Å². The Morgan fingerprint density at radius 3 is 2.29 bits per heavy atom. The number of aliphatic carboxylic acids is 1. The maximum Gasteiger partial charge on any atom is 0.336 e. The summed E-state index contributed by atoms with van der Waals surface area (Å²) in [5.74, 6) is -0.128. The minimum Gasteiger partial charge on any atom is -0.504 e. The quantitative estimate of drug-likeness (QED) is 0.625. The summed E-state index contributed by atoms with van der Waals surface area (Å²) in [6.45, 7) is 0. The van der Waals surface area contributed by atoms with Crippen LogP contribution >= 0.6 is 0 Å². The van der Waals surface area contributed by atoms with E-state index in [4.69, 9.17) is 14.2 Å². The van der Waals surface area contributed by atoms with Gasteiger partial charge in [0.1, 0.15) is 11.5 Å². The Bertz CT molecular complexity index is 779. The van der Waals surface area contributed by atoms with Crippen LogP contribution in [0.4, 0.5) is 0 Å². The zero-order valence-corrected chi connectivity index (χ0v) is 13.6. The molecule has 0 fully saturated rings. The molecule has 0 unspecified atom stereocenters. The van der Waals surface area contributed by atoms with Gasteiger partial charge in [0.25, 0.3) is 0 Å². The molecular formula is C18H18O6. The predicted molar refractivity (Wildman–Crippen MR) is 89.7 cm³/mol. The van der Waals surface area contributed by atoms with Crippen LogP contribution in [0.1, 0.15) is 11.1 Å². The maximum absolute atomic E-state index is 11.7. The van der Waals surface area contributed by atoms with E-state index in [1.54, 1.807) is 36.4 Å². The Labute approximate surface area is 139 Å². The van der Waals surface area contributed by atoms with Crippen LogP contribution in [0.3, 0.4) is 0 Å². The monoisotopic (exact) mass is 330 g/mol. The molecule has 6 heteroatoms. The van der Waals surface area contributed by atoms with Crippen molar-refractivity contribution in [3.63, 3.8) is 0 Å². The molecule has 0 aliphatic heterocycles. The molecule has 0 aliphatic rings. The molecule has 24 heavy (non-hydrogen) atoms. The molecule has 2 N–H and O–H groups in total. The van der Waals surface area contributed by atoms with Crippen molar-refractivity contribution in [2.45, 2.75) is 0 Å². The number of carbonyl (C=O) groups is 1. The molecule has 0 spiro atoms. The summed E-state index contributed by atoms with van der Waals surface area (Å²) in [6.07, 6.45) is 1.37. The van der Waals surface area contributed by atoms with E-state index < -0.39 is 5.97 Å². The van der Waals surface area contributed by atoms with Crippen molar-refractivity contribution in [1.82, 2.24) is 0 Å². The number of rotatable bonds is 6. The second-order valence-corrected chi connectivity index (χ2v) is 4.83. The van der Waals surface area contributed by atoms with Gasteiger partial charge in [-0.15, -0.1) is 0 Å². The van der Waals surface area contributed by atoms with Crippen molar-refractivity contribution in [3.05, 3.63) is 47.5 Å². The van der Waals surface area contributed by atoms with E-state index in [1.807, 2.05) is 0 Å². The van der Waals surface area contributed by atoms with Crippen molar-refractivity contribution in [2.75, 3.05) is 21.3 Å². The molecule has 2 rings (SSSR count). The van der Waals surface area contributed by atoms with Gasteiger partial charge in [-0.2, -0.15) is 0 Å². The third kappa shape index (κ3) is 3.43. The predicted octanol–water partition coefficient (Wildman–Crippen LogP) is 3.04. The van der Waals surface area contributed by atoms with E-state index in [9.17, 15) is 15.0 Å². The van der Waals surface area contributed by atoms with Gasteiger partial charge in [-0.25, -0.2) is 4.79 Å². The lowest BCUT2D eigenvalue weighted by atomic mass is 10.0. The Morgan fingerprint density at radius 1 is 1.00 bits per heavy atom. The molecule has 0 saturated carbocycles. The molecule has 0 heterocycles. The van der Waals surface area contributed by atoms with Crippen LogP contribution in [0.2, 0.25) is 0 Å². The molecule has 2 aromatic carbocycles. The first kappa shape index (κ1) is 17.2. The molecule has 0 radical (unpaired) electrons. The van der Waals surface area contributed by atoms with Gasteiger partial charge >= 0.3 is 5.97 Å². The largest absolute Gasteiger partial charge is 0.504 e. The standard InChI is InChI=1S/C18H18O6/c1-22-12-7-8-13(16(10-12)24-3)14(18(20)21)9-11-5-4-6-15(23-2)17(11)19/h4-10,19H,1-3H3,(H,20,21)/b14-9-. The molecule has 0 aromatic heterocycles. The first-order valence-corrected chi connectivity index (χ1v) is 7.05. The van der Waals surface area contributed by atoms with E-state index in [1.165, 1.54) is 27.4 Å². The Balaban J connectivity index is 2.61. The first-order valence-electron chi connectivity index (χ1n) is 7.05. The number of benzene rings is 2. The number of methoxy groups -OCH3 is 3. The number of carboxylic acid groups (broad SMARTS) is 1. The van der Waals surface area contributed by atoms with E-state index >= 15 is 0 Å². The lowest BCUT2D eigenvalue weighted by molar-refractivity contribution is -0.130. The van der Waals surface area contributed by atoms with Crippen molar-refractivity contribution >= 4 is 17.6 Å². The van der Waals surface area contributed by atoms with E-state index in [0.717, 1.165) is 0 Å². The second kappa shape index (κ2) is 7.41. The van der Waals surface area contributed by atoms with Crippen molar-refractivity contribution < 1.29 is 29.2 Å². The lowest BCUT2D eigenvalue weighted by Crippen LogP contribution is -2.02. The van der Waals surface area contributed by atoms with Gasteiger partial charge in [-0.1, -0.05) is 12.1 Å². The fourth-order valence-electron chi connectivity index (χ4n) is 2.25. The summed E-state index contributed by atoms with van der Waals surface area (Å²) in [7, 11) is 4.38. The number of para-hydroxylation sites is 1. The Morgan fingerprint density at radius 2 is 1.71 bits per heavy atom. The first-order chi connectivity index (χ1) is 11.5. The molecule has 0 atom stereocenters. The Hall–Kier alpha value is -3.15. The summed E-state index contributed by atoms with van der Waals surface area (Å²) >= 11 is 0.